The number of benzene rings is 2. The predicted octanol–water partition coefficient (Wildman–Crippen LogP) is 3.55. The Labute approximate surface area is 158 Å². The quantitative estimate of drug-likeness (QED) is 0.833. The normalized spacial score (nSPS) is 18.0. The second kappa shape index (κ2) is 9.80. The van der Waals surface area contributed by atoms with E-state index in [1.807, 2.05) is 42.1 Å². The van der Waals surface area contributed by atoms with E-state index in [4.69, 9.17) is 0 Å². The van der Waals surface area contributed by atoms with Crippen LogP contribution in [0, 0.1) is 5.82 Å². The lowest BCUT2D eigenvalue weighted by atomic mass is 9.98. The van der Waals surface area contributed by atoms with Crippen LogP contribution in [0.15, 0.2) is 54.6 Å². The van der Waals surface area contributed by atoms with Crippen molar-refractivity contribution in [3.05, 3.63) is 71.5 Å². The minimum atomic E-state index is -0.277. The summed E-state index contributed by atoms with van der Waals surface area (Å²) in [6.07, 6.45) is 0.456. The van der Waals surface area contributed by atoms with Crippen LogP contribution in [0.2, 0.25) is 0 Å². The number of halogens is 2. The summed E-state index contributed by atoms with van der Waals surface area (Å²) in [5.41, 5.74) is 1.87. The van der Waals surface area contributed by atoms with E-state index in [9.17, 15) is 9.18 Å². The number of amides is 1. The monoisotopic (exact) mass is 380 g/mol. The molecule has 2 atom stereocenters. The Balaban J connectivity index is 0.00000225. The van der Waals surface area contributed by atoms with Gasteiger partial charge in [0.1, 0.15) is 5.82 Å². The van der Waals surface area contributed by atoms with Gasteiger partial charge in [0.15, 0.2) is 0 Å². The third-order valence-electron chi connectivity index (χ3n) is 4.07. The third kappa shape index (κ3) is 5.73. The molecule has 0 bridgehead atoms. The van der Waals surface area contributed by atoms with Gasteiger partial charge in [-0.2, -0.15) is 11.8 Å². The van der Waals surface area contributed by atoms with Crippen molar-refractivity contribution in [1.82, 2.24) is 10.6 Å². The van der Waals surface area contributed by atoms with Crippen LogP contribution in [0.25, 0.3) is 0 Å². The van der Waals surface area contributed by atoms with E-state index < -0.39 is 0 Å². The Morgan fingerprint density at radius 1 is 1.16 bits per heavy atom. The molecule has 2 aromatic carbocycles. The first-order valence-corrected chi connectivity index (χ1v) is 9.29. The number of hydrogen-bond donors (Lipinski definition) is 2. The zero-order valence-corrected chi connectivity index (χ0v) is 15.4. The van der Waals surface area contributed by atoms with Gasteiger partial charge < -0.3 is 10.6 Å². The molecule has 1 aliphatic rings. The zero-order valence-electron chi connectivity index (χ0n) is 13.8. The molecule has 25 heavy (non-hydrogen) atoms. The largest absolute Gasteiger partial charge is 0.345 e. The van der Waals surface area contributed by atoms with Gasteiger partial charge in [0.05, 0.1) is 6.04 Å². The molecule has 3 nitrogen and oxygen atoms in total. The Kier molecular flexibility index (Phi) is 7.75. The SMILES string of the molecule is Cl.O=C(CC1CSCCN1)NC(c1ccccc1)c1ccc(F)cc1. The smallest absolute Gasteiger partial charge is 0.222 e. The number of rotatable bonds is 5. The van der Waals surface area contributed by atoms with Gasteiger partial charge in [-0.1, -0.05) is 42.5 Å². The molecule has 1 saturated heterocycles. The van der Waals surface area contributed by atoms with Gasteiger partial charge in [0, 0.05) is 30.5 Å². The van der Waals surface area contributed by atoms with E-state index >= 15 is 0 Å². The molecule has 134 valence electrons. The standard InChI is InChI=1S/C19H21FN2OS.ClH/c20-16-8-6-15(7-9-16)19(14-4-2-1-3-5-14)22-18(23)12-17-13-24-11-10-21-17;/h1-9,17,19,21H,10-13H2,(H,22,23);1H. The van der Waals surface area contributed by atoms with Crippen molar-refractivity contribution in [1.29, 1.82) is 0 Å². The molecule has 2 aromatic rings. The lowest BCUT2D eigenvalue weighted by Gasteiger charge is -2.25. The van der Waals surface area contributed by atoms with Crippen molar-refractivity contribution in [2.24, 2.45) is 0 Å². The highest BCUT2D eigenvalue weighted by molar-refractivity contribution is 7.99. The number of nitrogens with one attached hydrogen (secondary N) is 2. The van der Waals surface area contributed by atoms with Crippen molar-refractivity contribution >= 4 is 30.1 Å². The predicted molar refractivity (Wildman–Crippen MR) is 104 cm³/mol. The van der Waals surface area contributed by atoms with E-state index in [2.05, 4.69) is 10.6 Å². The van der Waals surface area contributed by atoms with Crippen molar-refractivity contribution in [3.63, 3.8) is 0 Å². The average Bonchev–Trinajstić information content (AvgIpc) is 2.62. The van der Waals surface area contributed by atoms with Gasteiger partial charge in [0.25, 0.3) is 0 Å². The molecule has 1 fully saturated rings. The van der Waals surface area contributed by atoms with Gasteiger partial charge >= 0.3 is 0 Å². The molecule has 0 radical (unpaired) electrons. The second-order valence-corrected chi connectivity index (χ2v) is 7.04. The number of hydrogen-bond acceptors (Lipinski definition) is 3. The molecule has 6 heteroatoms. The Morgan fingerprint density at radius 3 is 2.48 bits per heavy atom. The highest BCUT2D eigenvalue weighted by Gasteiger charge is 2.21. The summed E-state index contributed by atoms with van der Waals surface area (Å²) in [5, 5.41) is 6.48. The van der Waals surface area contributed by atoms with Gasteiger partial charge in [-0.25, -0.2) is 4.39 Å². The third-order valence-corrected chi connectivity index (χ3v) is 5.20. The molecule has 0 saturated carbocycles. The topological polar surface area (TPSA) is 41.1 Å². The van der Waals surface area contributed by atoms with Crippen molar-refractivity contribution < 1.29 is 9.18 Å². The number of carbonyl (C=O) groups excluding carboxylic acids is 1. The summed E-state index contributed by atoms with van der Waals surface area (Å²) < 4.78 is 13.2. The van der Waals surface area contributed by atoms with Crippen LogP contribution in [-0.2, 0) is 4.79 Å². The molecule has 0 aliphatic carbocycles. The molecular formula is C19H22ClFN2OS. The van der Waals surface area contributed by atoms with Crippen molar-refractivity contribution in [3.8, 4) is 0 Å². The Bertz CT molecular complexity index is 663. The molecule has 0 spiro atoms. The number of carbonyl (C=O) groups is 1. The minimum Gasteiger partial charge on any atom is -0.345 e. The fraction of sp³-hybridized carbons (Fsp3) is 0.316. The summed E-state index contributed by atoms with van der Waals surface area (Å²) in [7, 11) is 0. The van der Waals surface area contributed by atoms with Crippen LogP contribution < -0.4 is 10.6 Å². The average molecular weight is 381 g/mol. The molecule has 1 aliphatic heterocycles. The molecule has 1 heterocycles. The fourth-order valence-electron chi connectivity index (χ4n) is 2.85. The maximum atomic E-state index is 13.2. The Morgan fingerprint density at radius 2 is 1.84 bits per heavy atom. The second-order valence-electron chi connectivity index (χ2n) is 5.89. The molecule has 0 aromatic heterocycles. The van der Waals surface area contributed by atoms with Gasteiger partial charge in [-0.05, 0) is 23.3 Å². The maximum absolute atomic E-state index is 13.2. The molecule has 2 unspecified atom stereocenters. The van der Waals surface area contributed by atoms with Gasteiger partial charge in [-0.3, -0.25) is 4.79 Å². The van der Waals surface area contributed by atoms with E-state index in [0.29, 0.717) is 6.42 Å². The van der Waals surface area contributed by atoms with Crippen LogP contribution in [0.4, 0.5) is 4.39 Å². The Hall–Kier alpha value is -1.56. The number of thioether (sulfide) groups is 1. The fourth-order valence-corrected chi connectivity index (χ4v) is 3.80. The van der Waals surface area contributed by atoms with Crippen molar-refractivity contribution in [2.45, 2.75) is 18.5 Å². The first kappa shape index (κ1) is 19.8. The molecule has 2 N–H and O–H groups in total. The van der Waals surface area contributed by atoms with Crippen LogP contribution in [0.5, 0.6) is 0 Å². The van der Waals surface area contributed by atoms with Gasteiger partial charge in [0.2, 0.25) is 5.91 Å². The van der Waals surface area contributed by atoms with E-state index in [1.54, 1.807) is 12.1 Å². The minimum absolute atomic E-state index is 0. The summed E-state index contributed by atoms with van der Waals surface area (Å²) in [4.78, 5) is 12.5. The highest BCUT2D eigenvalue weighted by Crippen LogP contribution is 2.22. The van der Waals surface area contributed by atoms with Crippen LogP contribution in [0.1, 0.15) is 23.6 Å². The van der Waals surface area contributed by atoms with E-state index in [1.165, 1.54) is 12.1 Å². The van der Waals surface area contributed by atoms with Gasteiger partial charge in [-0.15, -0.1) is 12.4 Å². The molecule has 1 amide bonds. The van der Waals surface area contributed by atoms with Crippen LogP contribution >= 0.6 is 24.2 Å². The first-order valence-electron chi connectivity index (χ1n) is 8.13. The maximum Gasteiger partial charge on any atom is 0.222 e. The molecule has 3 rings (SSSR count). The van der Waals surface area contributed by atoms with Crippen LogP contribution in [0.3, 0.4) is 0 Å². The lowest BCUT2D eigenvalue weighted by Crippen LogP contribution is -2.42. The first-order chi connectivity index (χ1) is 11.7. The summed E-state index contributed by atoms with van der Waals surface area (Å²) >= 11 is 1.87. The highest BCUT2D eigenvalue weighted by atomic mass is 35.5. The van der Waals surface area contributed by atoms with Crippen molar-refractivity contribution in [2.75, 3.05) is 18.1 Å². The lowest BCUT2D eigenvalue weighted by molar-refractivity contribution is -0.122. The van der Waals surface area contributed by atoms with E-state index in [-0.39, 0.29) is 36.2 Å². The van der Waals surface area contributed by atoms with E-state index in [0.717, 1.165) is 29.2 Å². The summed E-state index contributed by atoms with van der Waals surface area (Å²) in [6, 6.07) is 16.0. The molecular weight excluding hydrogens is 359 g/mol. The summed E-state index contributed by atoms with van der Waals surface area (Å²) in [5.74, 6) is 1.79. The zero-order chi connectivity index (χ0) is 16.8. The summed E-state index contributed by atoms with van der Waals surface area (Å²) in [6.45, 7) is 0.947. The van der Waals surface area contributed by atoms with Crippen LogP contribution in [-0.4, -0.2) is 30.0 Å².